The first-order valence-electron chi connectivity index (χ1n) is 6.26. The third-order valence-electron chi connectivity index (χ3n) is 2.67. The van der Waals surface area contributed by atoms with E-state index in [1.807, 2.05) is 6.07 Å². The molecule has 1 fully saturated rings. The molecule has 0 bridgehead atoms. The summed E-state index contributed by atoms with van der Waals surface area (Å²) in [5.74, 6) is 0.0613. The van der Waals surface area contributed by atoms with Crippen molar-refractivity contribution in [2.24, 2.45) is 0 Å². The van der Waals surface area contributed by atoms with Crippen LogP contribution >= 0.6 is 11.6 Å². The predicted molar refractivity (Wildman–Crippen MR) is 72.7 cm³/mol. The van der Waals surface area contributed by atoms with Gasteiger partial charge in [-0.1, -0.05) is 0 Å². The molecule has 0 saturated carbocycles. The molecule has 1 aliphatic rings. The predicted octanol–water partition coefficient (Wildman–Crippen LogP) is -0.329. The maximum absolute atomic E-state index is 11.7. The van der Waals surface area contributed by atoms with Gasteiger partial charge in [-0.05, 0) is 0 Å². The molecule has 0 aliphatic carbocycles. The lowest BCUT2D eigenvalue weighted by Gasteiger charge is -2.26. The summed E-state index contributed by atoms with van der Waals surface area (Å²) in [5, 5.41) is 14.4. The van der Waals surface area contributed by atoms with Crippen LogP contribution in [-0.4, -0.2) is 62.6 Å². The molecule has 2 N–H and O–H groups in total. The van der Waals surface area contributed by atoms with Gasteiger partial charge in [-0.3, -0.25) is 9.69 Å². The van der Waals surface area contributed by atoms with Gasteiger partial charge in [-0.15, -0.1) is 11.6 Å². The van der Waals surface area contributed by atoms with Gasteiger partial charge >= 0.3 is 0 Å². The maximum Gasteiger partial charge on any atom is 0.263 e. The number of carbonyl (C=O) groups is 1. The van der Waals surface area contributed by atoms with Crippen LogP contribution in [0.5, 0.6) is 0 Å². The standard InChI is InChI=1S/C12H19ClN4O2/c13-1-2-15-10-11(9-14)12(18)16-3-4-17-5-7-19-8-6-17/h10,15H,1-8H2,(H,16,18)/b11-10-. The number of rotatable bonds is 7. The molecule has 1 saturated heterocycles. The number of alkyl halides is 1. The highest BCUT2D eigenvalue weighted by Gasteiger charge is 2.11. The number of hydrogen-bond donors (Lipinski definition) is 2. The van der Waals surface area contributed by atoms with E-state index < -0.39 is 0 Å². The molecule has 0 radical (unpaired) electrons. The summed E-state index contributed by atoms with van der Waals surface area (Å²) in [6.45, 7) is 5.05. The van der Waals surface area contributed by atoms with Gasteiger partial charge in [-0.25, -0.2) is 0 Å². The zero-order chi connectivity index (χ0) is 13.9. The summed E-state index contributed by atoms with van der Waals surface area (Å²) in [7, 11) is 0. The molecule has 0 spiro atoms. The van der Waals surface area contributed by atoms with E-state index in [1.165, 1.54) is 6.20 Å². The summed E-state index contributed by atoms with van der Waals surface area (Å²) in [6.07, 6.45) is 1.40. The molecule has 0 aromatic carbocycles. The Balaban J connectivity index is 2.24. The molecule has 0 aromatic rings. The molecule has 0 aromatic heterocycles. The van der Waals surface area contributed by atoms with Crippen molar-refractivity contribution in [2.75, 3.05) is 51.8 Å². The number of ether oxygens (including phenoxy) is 1. The SMILES string of the molecule is N#C/C(=C/NCCCl)C(=O)NCCN1CCOCC1. The largest absolute Gasteiger partial charge is 0.388 e. The Labute approximate surface area is 118 Å². The van der Waals surface area contributed by atoms with Crippen LogP contribution in [-0.2, 0) is 9.53 Å². The maximum atomic E-state index is 11.7. The highest BCUT2D eigenvalue weighted by atomic mass is 35.5. The lowest BCUT2D eigenvalue weighted by atomic mass is 10.3. The van der Waals surface area contributed by atoms with Crippen LogP contribution in [0.4, 0.5) is 0 Å². The van der Waals surface area contributed by atoms with E-state index in [-0.39, 0.29) is 11.5 Å². The lowest BCUT2D eigenvalue weighted by Crippen LogP contribution is -2.41. The fraction of sp³-hybridized carbons (Fsp3) is 0.667. The lowest BCUT2D eigenvalue weighted by molar-refractivity contribution is -0.117. The van der Waals surface area contributed by atoms with Crippen LogP contribution in [0.25, 0.3) is 0 Å². The van der Waals surface area contributed by atoms with Crippen LogP contribution in [0.3, 0.4) is 0 Å². The van der Waals surface area contributed by atoms with E-state index in [0.29, 0.717) is 19.0 Å². The topological polar surface area (TPSA) is 77.4 Å². The zero-order valence-corrected chi connectivity index (χ0v) is 11.6. The average Bonchev–Trinajstić information content (AvgIpc) is 2.44. The molecule has 0 atom stereocenters. The summed E-state index contributed by atoms with van der Waals surface area (Å²) in [6, 6.07) is 1.86. The van der Waals surface area contributed by atoms with Crippen molar-refractivity contribution < 1.29 is 9.53 Å². The smallest absolute Gasteiger partial charge is 0.263 e. The van der Waals surface area contributed by atoms with Gasteiger partial charge in [0, 0.05) is 44.8 Å². The highest BCUT2D eigenvalue weighted by Crippen LogP contribution is 1.95. The summed E-state index contributed by atoms with van der Waals surface area (Å²) < 4.78 is 5.24. The van der Waals surface area contributed by atoms with Gasteiger partial charge < -0.3 is 15.4 Å². The molecular formula is C12H19ClN4O2. The van der Waals surface area contributed by atoms with Crippen molar-refractivity contribution >= 4 is 17.5 Å². The van der Waals surface area contributed by atoms with Crippen molar-refractivity contribution in [3.05, 3.63) is 11.8 Å². The Morgan fingerprint density at radius 1 is 1.42 bits per heavy atom. The summed E-state index contributed by atoms with van der Waals surface area (Å²) in [4.78, 5) is 13.9. The van der Waals surface area contributed by atoms with Gasteiger partial charge in [0.05, 0.1) is 13.2 Å². The first kappa shape index (κ1) is 15.8. The fourth-order valence-corrected chi connectivity index (χ4v) is 1.73. The molecule has 1 aliphatic heterocycles. The Hall–Kier alpha value is -1.29. The van der Waals surface area contributed by atoms with E-state index in [1.54, 1.807) is 0 Å². The summed E-state index contributed by atoms with van der Waals surface area (Å²) in [5.41, 5.74) is 0.0621. The zero-order valence-electron chi connectivity index (χ0n) is 10.8. The van der Waals surface area contributed by atoms with Crippen LogP contribution < -0.4 is 10.6 Å². The van der Waals surface area contributed by atoms with E-state index >= 15 is 0 Å². The minimum Gasteiger partial charge on any atom is -0.388 e. The Kier molecular flexibility index (Phi) is 7.98. The van der Waals surface area contributed by atoms with Crippen molar-refractivity contribution in [3.8, 4) is 6.07 Å². The normalized spacial score (nSPS) is 16.7. The van der Waals surface area contributed by atoms with Gasteiger partial charge in [-0.2, -0.15) is 5.26 Å². The number of hydrogen-bond acceptors (Lipinski definition) is 5. The molecule has 1 amide bonds. The molecule has 1 heterocycles. The third kappa shape index (κ3) is 6.43. The van der Waals surface area contributed by atoms with Crippen LogP contribution in [0.1, 0.15) is 0 Å². The molecule has 0 unspecified atom stereocenters. The van der Waals surface area contributed by atoms with E-state index in [4.69, 9.17) is 21.6 Å². The minimum absolute atomic E-state index is 0.0621. The number of halogens is 1. The number of nitriles is 1. The third-order valence-corrected chi connectivity index (χ3v) is 2.86. The Morgan fingerprint density at radius 3 is 2.79 bits per heavy atom. The van der Waals surface area contributed by atoms with E-state index in [2.05, 4.69) is 15.5 Å². The molecular weight excluding hydrogens is 268 g/mol. The molecule has 6 nitrogen and oxygen atoms in total. The number of nitrogens with zero attached hydrogens (tertiary/aromatic N) is 2. The number of carbonyl (C=O) groups excluding carboxylic acids is 1. The number of morpholine rings is 1. The molecule has 106 valence electrons. The minimum atomic E-state index is -0.363. The average molecular weight is 287 g/mol. The second-order valence-corrected chi connectivity index (χ2v) is 4.40. The molecule has 1 rings (SSSR count). The second-order valence-electron chi connectivity index (χ2n) is 4.02. The first-order chi connectivity index (χ1) is 9.27. The molecule has 19 heavy (non-hydrogen) atoms. The van der Waals surface area contributed by atoms with Crippen LogP contribution in [0.2, 0.25) is 0 Å². The number of nitrogens with one attached hydrogen (secondary N) is 2. The van der Waals surface area contributed by atoms with Gasteiger partial charge in [0.15, 0.2) is 0 Å². The first-order valence-corrected chi connectivity index (χ1v) is 6.79. The van der Waals surface area contributed by atoms with Gasteiger partial charge in [0.1, 0.15) is 11.6 Å². The van der Waals surface area contributed by atoms with E-state index in [9.17, 15) is 4.79 Å². The van der Waals surface area contributed by atoms with Gasteiger partial charge in [0.2, 0.25) is 0 Å². The van der Waals surface area contributed by atoms with Crippen molar-refractivity contribution in [2.45, 2.75) is 0 Å². The second kappa shape index (κ2) is 9.62. The fourth-order valence-electron chi connectivity index (χ4n) is 1.62. The van der Waals surface area contributed by atoms with Crippen LogP contribution in [0, 0.1) is 11.3 Å². The van der Waals surface area contributed by atoms with Crippen molar-refractivity contribution in [3.63, 3.8) is 0 Å². The highest BCUT2D eigenvalue weighted by molar-refractivity contribution is 6.18. The van der Waals surface area contributed by atoms with E-state index in [0.717, 1.165) is 32.8 Å². The van der Waals surface area contributed by atoms with Gasteiger partial charge in [0.25, 0.3) is 5.91 Å². The van der Waals surface area contributed by atoms with Crippen molar-refractivity contribution in [1.29, 1.82) is 5.26 Å². The number of amides is 1. The Bertz CT molecular complexity index is 348. The molecule has 7 heteroatoms. The summed E-state index contributed by atoms with van der Waals surface area (Å²) >= 11 is 5.49. The Morgan fingerprint density at radius 2 is 2.16 bits per heavy atom. The monoisotopic (exact) mass is 286 g/mol. The van der Waals surface area contributed by atoms with Crippen LogP contribution in [0.15, 0.2) is 11.8 Å². The quantitative estimate of drug-likeness (QED) is 0.290. The van der Waals surface area contributed by atoms with Crippen molar-refractivity contribution in [1.82, 2.24) is 15.5 Å².